The van der Waals surface area contributed by atoms with Gasteiger partial charge in [0.1, 0.15) is 10.8 Å². The van der Waals surface area contributed by atoms with E-state index < -0.39 is 0 Å². The van der Waals surface area contributed by atoms with Gasteiger partial charge in [-0.3, -0.25) is 0 Å². The lowest BCUT2D eigenvalue weighted by Crippen LogP contribution is -2.19. The van der Waals surface area contributed by atoms with Gasteiger partial charge in [-0.25, -0.2) is 9.37 Å². The van der Waals surface area contributed by atoms with E-state index >= 15 is 0 Å². The Balaban J connectivity index is 2.03. The molecule has 2 rings (SSSR count). The molecule has 0 fully saturated rings. The first-order chi connectivity index (χ1) is 8.56. The molecular weight excluding hydrogens is 315 g/mol. The summed E-state index contributed by atoms with van der Waals surface area (Å²) in [6.07, 6.45) is 0. The predicted octanol–water partition coefficient (Wildman–Crippen LogP) is 4.20. The fraction of sp³-hybridized carbons (Fsp3) is 0.308. The van der Waals surface area contributed by atoms with Gasteiger partial charge in [0.05, 0.1) is 0 Å². The van der Waals surface area contributed by atoms with Gasteiger partial charge in [-0.1, -0.05) is 15.9 Å². The molecule has 2 aromatic rings. The largest absolute Gasteiger partial charge is 0.304 e. The number of halogens is 2. The molecule has 5 heteroatoms. The molecule has 96 valence electrons. The lowest BCUT2D eigenvalue weighted by molar-refractivity contribution is 0.527. The Hall–Kier alpha value is -0.780. The number of aryl methyl sites for hydroxylation is 1. The Morgan fingerprint density at radius 3 is 2.94 bits per heavy atom. The molecule has 1 aromatic heterocycles. The van der Waals surface area contributed by atoms with Crippen molar-refractivity contribution in [1.29, 1.82) is 0 Å². The Bertz CT molecular complexity index is 542. The van der Waals surface area contributed by atoms with Crippen molar-refractivity contribution in [3.8, 4) is 0 Å². The van der Waals surface area contributed by atoms with Crippen molar-refractivity contribution in [3.05, 3.63) is 50.1 Å². The van der Waals surface area contributed by atoms with Crippen LogP contribution in [0.15, 0.2) is 28.1 Å². The molecule has 0 aliphatic rings. The second-order valence-electron chi connectivity index (χ2n) is 4.15. The lowest BCUT2D eigenvalue weighted by atomic mass is 10.1. The molecule has 0 aliphatic carbocycles. The zero-order valence-corrected chi connectivity index (χ0v) is 12.6. The first-order valence-corrected chi connectivity index (χ1v) is 7.33. The van der Waals surface area contributed by atoms with Gasteiger partial charge in [-0.2, -0.15) is 0 Å². The number of benzene rings is 1. The molecule has 0 saturated carbocycles. The van der Waals surface area contributed by atoms with Gasteiger partial charge in [-0.15, -0.1) is 11.3 Å². The van der Waals surface area contributed by atoms with Crippen LogP contribution in [0.2, 0.25) is 0 Å². The predicted molar refractivity (Wildman–Crippen MR) is 76.2 cm³/mol. The smallest absolute Gasteiger partial charge is 0.128 e. The van der Waals surface area contributed by atoms with E-state index in [2.05, 4.69) is 26.2 Å². The van der Waals surface area contributed by atoms with Crippen LogP contribution in [0.4, 0.5) is 4.39 Å². The third kappa shape index (κ3) is 3.37. The van der Waals surface area contributed by atoms with Gasteiger partial charge in [0.25, 0.3) is 0 Å². The topological polar surface area (TPSA) is 24.9 Å². The maximum Gasteiger partial charge on any atom is 0.128 e. The highest BCUT2D eigenvalue weighted by molar-refractivity contribution is 9.10. The average Bonchev–Trinajstić information content (AvgIpc) is 2.75. The number of thiazole rings is 1. The molecule has 1 unspecified atom stereocenters. The lowest BCUT2D eigenvalue weighted by Gasteiger charge is -2.14. The highest BCUT2D eigenvalue weighted by Crippen LogP contribution is 2.22. The standard InChI is InChI=1S/C13H14BrFN2S/c1-8-7-18-13(17-8)6-16-9(2)11-5-10(14)3-4-12(11)15/h3-5,7,9,16H,6H2,1-2H3. The fourth-order valence-corrected chi connectivity index (χ4v) is 2.78. The summed E-state index contributed by atoms with van der Waals surface area (Å²) in [5, 5.41) is 6.32. The molecule has 1 heterocycles. The van der Waals surface area contributed by atoms with Crippen molar-refractivity contribution in [2.24, 2.45) is 0 Å². The minimum absolute atomic E-state index is 0.0493. The molecule has 1 atom stereocenters. The Morgan fingerprint density at radius 2 is 2.28 bits per heavy atom. The van der Waals surface area contributed by atoms with Crippen LogP contribution in [0.1, 0.15) is 29.2 Å². The summed E-state index contributed by atoms with van der Waals surface area (Å²) < 4.78 is 14.6. The summed E-state index contributed by atoms with van der Waals surface area (Å²) in [7, 11) is 0. The van der Waals surface area contributed by atoms with Crippen LogP contribution in [0.5, 0.6) is 0 Å². The SMILES string of the molecule is Cc1csc(CNC(C)c2cc(Br)ccc2F)n1. The van der Waals surface area contributed by atoms with Crippen LogP contribution in [-0.4, -0.2) is 4.98 Å². The summed E-state index contributed by atoms with van der Waals surface area (Å²) in [4.78, 5) is 4.37. The van der Waals surface area contributed by atoms with Crippen molar-refractivity contribution in [2.45, 2.75) is 26.4 Å². The van der Waals surface area contributed by atoms with Crippen LogP contribution in [0, 0.1) is 12.7 Å². The van der Waals surface area contributed by atoms with Crippen molar-refractivity contribution in [2.75, 3.05) is 0 Å². The van der Waals surface area contributed by atoms with E-state index in [0.29, 0.717) is 12.1 Å². The molecular formula is C13H14BrFN2S. The normalized spacial score (nSPS) is 12.7. The van der Waals surface area contributed by atoms with Crippen LogP contribution in [-0.2, 0) is 6.54 Å². The van der Waals surface area contributed by atoms with E-state index in [4.69, 9.17) is 0 Å². The molecule has 1 N–H and O–H groups in total. The van der Waals surface area contributed by atoms with E-state index in [1.807, 2.05) is 19.2 Å². The molecule has 2 nitrogen and oxygen atoms in total. The van der Waals surface area contributed by atoms with Crippen molar-refractivity contribution < 1.29 is 4.39 Å². The average molecular weight is 329 g/mol. The van der Waals surface area contributed by atoms with E-state index in [-0.39, 0.29) is 11.9 Å². The fourth-order valence-electron chi connectivity index (χ4n) is 1.68. The maximum atomic E-state index is 13.7. The van der Waals surface area contributed by atoms with E-state index in [0.717, 1.165) is 15.2 Å². The third-order valence-electron chi connectivity index (χ3n) is 2.65. The van der Waals surface area contributed by atoms with Crippen LogP contribution in [0.25, 0.3) is 0 Å². The molecule has 0 aliphatic heterocycles. The van der Waals surface area contributed by atoms with Gasteiger partial charge in [0, 0.05) is 33.7 Å². The van der Waals surface area contributed by atoms with E-state index in [1.165, 1.54) is 6.07 Å². The number of rotatable bonds is 4. The Labute approximate surface area is 118 Å². The Kier molecular flexibility index (Phi) is 4.48. The highest BCUT2D eigenvalue weighted by atomic mass is 79.9. The summed E-state index contributed by atoms with van der Waals surface area (Å²) in [5.74, 6) is -0.187. The number of nitrogens with zero attached hydrogens (tertiary/aromatic N) is 1. The van der Waals surface area contributed by atoms with Gasteiger partial charge in [-0.05, 0) is 32.0 Å². The molecule has 18 heavy (non-hydrogen) atoms. The summed E-state index contributed by atoms with van der Waals surface area (Å²) in [6.45, 7) is 4.58. The number of nitrogens with one attached hydrogen (secondary N) is 1. The van der Waals surface area contributed by atoms with Gasteiger partial charge in [0.2, 0.25) is 0 Å². The quantitative estimate of drug-likeness (QED) is 0.909. The number of hydrogen-bond donors (Lipinski definition) is 1. The van der Waals surface area contributed by atoms with Gasteiger partial charge >= 0.3 is 0 Å². The van der Waals surface area contributed by atoms with E-state index in [9.17, 15) is 4.39 Å². The molecule has 0 spiro atoms. The summed E-state index contributed by atoms with van der Waals surface area (Å²) in [6, 6.07) is 4.94. The van der Waals surface area contributed by atoms with Crippen molar-refractivity contribution in [1.82, 2.24) is 10.3 Å². The van der Waals surface area contributed by atoms with Crippen molar-refractivity contribution in [3.63, 3.8) is 0 Å². The first kappa shape index (κ1) is 13.6. The highest BCUT2D eigenvalue weighted by Gasteiger charge is 2.11. The second-order valence-corrected chi connectivity index (χ2v) is 6.01. The molecule has 1 aromatic carbocycles. The van der Waals surface area contributed by atoms with Crippen molar-refractivity contribution >= 4 is 27.3 Å². The monoisotopic (exact) mass is 328 g/mol. The molecule has 0 radical (unpaired) electrons. The zero-order valence-electron chi connectivity index (χ0n) is 10.2. The van der Waals surface area contributed by atoms with E-state index in [1.54, 1.807) is 23.5 Å². The van der Waals surface area contributed by atoms with Crippen LogP contribution < -0.4 is 5.32 Å². The number of hydrogen-bond acceptors (Lipinski definition) is 3. The van der Waals surface area contributed by atoms with Gasteiger partial charge in [0.15, 0.2) is 0 Å². The first-order valence-electron chi connectivity index (χ1n) is 5.65. The summed E-state index contributed by atoms with van der Waals surface area (Å²) in [5.41, 5.74) is 1.69. The summed E-state index contributed by atoms with van der Waals surface area (Å²) >= 11 is 4.98. The number of aromatic nitrogens is 1. The zero-order chi connectivity index (χ0) is 13.1. The van der Waals surface area contributed by atoms with Crippen LogP contribution >= 0.6 is 27.3 Å². The van der Waals surface area contributed by atoms with Gasteiger partial charge < -0.3 is 5.32 Å². The van der Waals surface area contributed by atoms with Crippen LogP contribution in [0.3, 0.4) is 0 Å². The minimum Gasteiger partial charge on any atom is -0.304 e. The third-order valence-corrected chi connectivity index (χ3v) is 4.11. The molecule has 0 amide bonds. The maximum absolute atomic E-state index is 13.7. The Morgan fingerprint density at radius 1 is 1.50 bits per heavy atom. The molecule has 0 bridgehead atoms. The molecule has 0 saturated heterocycles. The minimum atomic E-state index is -0.187. The second kappa shape index (κ2) is 5.91.